The number of rotatable bonds is 7. The van der Waals surface area contributed by atoms with E-state index in [1.807, 2.05) is 0 Å². The predicted octanol–water partition coefficient (Wildman–Crippen LogP) is 3.29. The molecule has 2 saturated heterocycles. The lowest BCUT2D eigenvalue weighted by atomic mass is 9.77. The Morgan fingerprint density at radius 2 is 1.65 bits per heavy atom. The summed E-state index contributed by atoms with van der Waals surface area (Å²) in [5, 5.41) is 8.96. The van der Waals surface area contributed by atoms with E-state index in [-0.39, 0.29) is 0 Å². The first kappa shape index (κ1) is 14.8. The normalized spacial score (nSPS) is 37.6. The van der Waals surface area contributed by atoms with E-state index in [9.17, 15) is 0 Å². The molecule has 0 aromatic rings. The number of ether oxygens (including phenoxy) is 2. The average Bonchev–Trinajstić information content (AvgIpc) is 3.08. The van der Waals surface area contributed by atoms with Gasteiger partial charge >= 0.3 is 0 Å². The monoisotopic (exact) mass is 282 g/mol. The van der Waals surface area contributed by atoms with Crippen molar-refractivity contribution in [3.8, 4) is 0 Å². The highest BCUT2D eigenvalue weighted by molar-refractivity contribution is 4.96. The van der Waals surface area contributed by atoms with Crippen molar-refractivity contribution in [1.29, 1.82) is 0 Å². The van der Waals surface area contributed by atoms with Gasteiger partial charge in [0.2, 0.25) is 0 Å². The van der Waals surface area contributed by atoms with Crippen LogP contribution in [0.15, 0.2) is 0 Å². The van der Waals surface area contributed by atoms with Gasteiger partial charge in [-0.15, -0.1) is 0 Å². The fourth-order valence-electron chi connectivity index (χ4n) is 4.47. The molecule has 3 nitrogen and oxygen atoms in total. The van der Waals surface area contributed by atoms with Crippen molar-refractivity contribution in [2.45, 2.75) is 82.5 Å². The maximum Gasteiger partial charge on any atom is 0.0633 e. The molecule has 1 aliphatic carbocycles. The summed E-state index contributed by atoms with van der Waals surface area (Å²) in [5.41, 5.74) is 0. The zero-order chi connectivity index (χ0) is 13.8. The smallest absolute Gasteiger partial charge is 0.0633 e. The van der Waals surface area contributed by atoms with Crippen molar-refractivity contribution < 1.29 is 14.6 Å². The minimum atomic E-state index is 0.324. The molecule has 0 spiro atoms. The molecule has 0 radical (unpaired) electrons. The third-order valence-corrected chi connectivity index (χ3v) is 5.61. The Balaban J connectivity index is 1.47. The van der Waals surface area contributed by atoms with Crippen LogP contribution in [-0.2, 0) is 9.47 Å². The minimum Gasteiger partial charge on any atom is -0.396 e. The molecule has 1 saturated carbocycles. The molecule has 0 amide bonds. The summed E-state index contributed by atoms with van der Waals surface area (Å²) in [7, 11) is 0. The van der Waals surface area contributed by atoms with E-state index in [1.165, 1.54) is 51.4 Å². The van der Waals surface area contributed by atoms with E-state index in [0.717, 1.165) is 19.4 Å². The minimum absolute atomic E-state index is 0.324. The summed E-state index contributed by atoms with van der Waals surface area (Å²) >= 11 is 0. The lowest BCUT2D eigenvalue weighted by Crippen LogP contribution is -2.32. The molecule has 3 rings (SSSR count). The van der Waals surface area contributed by atoms with Gasteiger partial charge < -0.3 is 14.6 Å². The van der Waals surface area contributed by atoms with Crippen LogP contribution in [0.3, 0.4) is 0 Å². The summed E-state index contributed by atoms with van der Waals surface area (Å²) < 4.78 is 12.4. The van der Waals surface area contributed by atoms with Gasteiger partial charge in [0.05, 0.1) is 24.9 Å². The second-order valence-corrected chi connectivity index (χ2v) is 6.93. The van der Waals surface area contributed by atoms with E-state index >= 15 is 0 Å². The third kappa shape index (κ3) is 3.37. The Labute approximate surface area is 123 Å². The molecule has 116 valence electrons. The predicted molar refractivity (Wildman–Crippen MR) is 78.6 cm³/mol. The molecule has 4 unspecified atom stereocenters. The van der Waals surface area contributed by atoms with E-state index in [1.54, 1.807) is 0 Å². The number of hydrogen-bond acceptors (Lipinski definition) is 3. The molecule has 3 heteroatoms. The highest BCUT2D eigenvalue weighted by Gasteiger charge is 2.48. The van der Waals surface area contributed by atoms with E-state index in [4.69, 9.17) is 14.6 Å². The van der Waals surface area contributed by atoms with E-state index in [0.29, 0.717) is 36.8 Å². The van der Waals surface area contributed by atoms with Gasteiger partial charge in [-0.1, -0.05) is 25.7 Å². The topological polar surface area (TPSA) is 38.7 Å². The molecule has 2 aliphatic heterocycles. The van der Waals surface area contributed by atoms with Crippen LogP contribution in [0.1, 0.15) is 64.2 Å². The zero-order valence-electron chi connectivity index (χ0n) is 12.6. The summed E-state index contributed by atoms with van der Waals surface area (Å²) in [6.07, 6.45) is 13.8. The van der Waals surface area contributed by atoms with Crippen LogP contribution in [0.2, 0.25) is 0 Å². The van der Waals surface area contributed by atoms with Crippen LogP contribution >= 0.6 is 0 Å². The van der Waals surface area contributed by atoms with Crippen molar-refractivity contribution in [3.05, 3.63) is 0 Å². The van der Waals surface area contributed by atoms with Gasteiger partial charge in [0.1, 0.15) is 0 Å². The summed E-state index contributed by atoms with van der Waals surface area (Å²) in [5.74, 6) is 1.30. The second-order valence-electron chi connectivity index (χ2n) is 6.93. The molecule has 3 aliphatic rings. The zero-order valence-corrected chi connectivity index (χ0v) is 12.6. The quantitative estimate of drug-likeness (QED) is 0.728. The van der Waals surface area contributed by atoms with Crippen molar-refractivity contribution in [1.82, 2.24) is 0 Å². The first-order chi connectivity index (χ1) is 9.88. The number of aliphatic hydroxyl groups is 1. The summed E-state index contributed by atoms with van der Waals surface area (Å²) in [6, 6.07) is 0. The first-order valence-electron chi connectivity index (χ1n) is 8.76. The molecule has 3 fully saturated rings. The van der Waals surface area contributed by atoms with Gasteiger partial charge in [-0.25, -0.2) is 0 Å². The summed E-state index contributed by atoms with van der Waals surface area (Å²) in [6.45, 7) is 1.24. The van der Waals surface area contributed by atoms with Crippen LogP contribution in [0.4, 0.5) is 0 Å². The molecule has 0 aromatic carbocycles. The highest BCUT2D eigenvalue weighted by Crippen LogP contribution is 2.46. The van der Waals surface area contributed by atoms with Crippen LogP contribution in [0.5, 0.6) is 0 Å². The van der Waals surface area contributed by atoms with Gasteiger partial charge in [-0.3, -0.25) is 0 Å². The number of fused-ring (bicyclic) bond motifs is 2. The fraction of sp³-hybridized carbons (Fsp3) is 1.00. The molecule has 2 heterocycles. The van der Waals surface area contributed by atoms with Crippen molar-refractivity contribution in [2.75, 3.05) is 13.2 Å². The molecule has 0 aromatic heterocycles. The average molecular weight is 282 g/mol. The lowest BCUT2D eigenvalue weighted by molar-refractivity contribution is -0.0138. The van der Waals surface area contributed by atoms with Gasteiger partial charge in [-0.2, -0.15) is 0 Å². The van der Waals surface area contributed by atoms with Crippen molar-refractivity contribution in [2.24, 2.45) is 11.8 Å². The molecule has 1 N–H and O–H groups in total. The second kappa shape index (κ2) is 7.24. The SMILES string of the molecule is OCCCCC1C2CCC(O2)C1COC1CCCCC1. The fourth-order valence-corrected chi connectivity index (χ4v) is 4.47. The Hall–Kier alpha value is -0.120. The lowest BCUT2D eigenvalue weighted by Gasteiger charge is -2.30. The Bertz CT molecular complexity index is 288. The summed E-state index contributed by atoms with van der Waals surface area (Å²) in [4.78, 5) is 0. The number of unbranched alkanes of at least 4 members (excludes halogenated alkanes) is 1. The highest BCUT2D eigenvalue weighted by atomic mass is 16.5. The first-order valence-corrected chi connectivity index (χ1v) is 8.76. The largest absolute Gasteiger partial charge is 0.396 e. The molecular weight excluding hydrogens is 252 g/mol. The van der Waals surface area contributed by atoms with Crippen LogP contribution in [-0.4, -0.2) is 36.6 Å². The van der Waals surface area contributed by atoms with E-state index < -0.39 is 0 Å². The van der Waals surface area contributed by atoms with Crippen LogP contribution < -0.4 is 0 Å². The number of hydrogen-bond donors (Lipinski definition) is 1. The Morgan fingerprint density at radius 3 is 2.40 bits per heavy atom. The molecule has 2 bridgehead atoms. The maximum atomic E-state index is 8.96. The van der Waals surface area contributed by atoms with Gasteiger partial charge in [0, 0.05) is 12.5 Å². The molecular formula is C17H30O3. The Kier molecular flexibility index (Phi) is 5.36. The standard InChI is InChI=1S/C17H30O3/c18-11-5-4-8-14-15(17-10-9-16(14)20-17)12-19-13-6-2-1-3-7-13/h13-18H,1-12H2. The van der Waals surface area contributed by atoms with Crippen molar-refractivity contribution >= 4 is 0 Å². The maximum absolute atomic E-state index is 8.96. The van der Waals surface area contributed by atoms with Gasteiger partial charge in [-0.05, 0) is 44.4 Å². The van der Waals surface area contributed by atoms with Crippen LogP contribution in [0.25, 0.3) is 0 Å². The molecule has 4 atom stereocenters. The Morgan fingerprint density at radius 1 is 0.900 bits per heavy atom. The molecule has 20 heavy (non-hydrogen) atoms. The van der Waals surface area contributed by atoms with Crippen LogP contribution in [0, 0.1) is 11.8 Å². The van der Waals surface area contributed by atoms with Crippen molar-refractivity contribution in [3.63, 3.8) is 0 Å². The van der Waals surface area contributed by atoms with E-state index in [2.05, 4.69) is 0 Å². The van der Waals surface area contributed by atoms with Gasteiger partial charge in [0.15, 0.2) is 0 Å². The third-order valence-electron chi connectivity index (χ3n) is 5.61. The number of aliphatic hydroxyl groups excluding tert-OH is 1. The van der Waals surface area contributed by atoms with Gasteiger partial charge in [0.25, 0.3) is 0 Å².